The van der Waals surface area contributed by atoms with Crippen molar-refractivity contribution in [3.63, 3.8) is 0 Å². The third-order valence-electron chi connectivity index (χ3n) is 3.67. The maximum Gasteiger partial charge on any atom is 0.325 e. The van der Waals surface area contributed by atoms with Crippen LogP contribution in [0.15, 0.2) is 25.0 Å². The number of nitrogens with one attached hydrogen (secondary N) is 4. The van der Waals surface area contributed by atoms with Crippen LogP contribution < -0.4 is 16.4 Å². The fraction of sp³-hybridized carbons (Fsp3) is 0.400. The van der Waals surface area contributed by atoms with Crippen molar-refractivity contribution in [3.05, 3.63) is 36.4 Å². The van der Waals surface area contributed by atoms with Gasteiger partial charge in [0.2, 0.25) is 11.8 Å². The molecule has 2 heterocycles. The molecule has 0 unspecified atom stereocenters. The predicted molar refractivity (Wildman–Crippen MR) is 89.7 cm³/mol. The molecule has 140 valence electrons. The zero-order valence-electron chi connectivity index (χ0n) is 14.1. The van der Waals surface area contributed by atoms with Crippen molar-refractivity contribution in [2.75, 3.05) is 0 Å². The van der Waals surface area contributed by atoms with Gasteiger partial charge in [-0.05, 0) is 6.92 Å². The Labute approximate surface area is 148 Å². The van der Waals surface area contributed by atoms with Gasteiger partial charge in [0.05, 0.1) is 18.7 Å². The van der Waals surface area contributed by atoms with Crippen molar-refractivity contribution in [1.29, 1.82) is 0 Å². The number of hydrogen-bond acceptors (Lipinski definition) is 6. The minimum Gasteiger partial charge on any atom is -0.480 e. The number of imidazole rings is 2. The summed E-state index contributed by atoms with van der Waals surface area (Å²) in [5, 5.41) is 13.8. The van der Waals surface area contributed by atoms with Crippen LogP contribution in [0.3, 0.4) is 0 Å². The van der Waals surface area contributed by atoms with Crippen LogP contribution in [0.4, 0.5) is 0 Å². The highest BCUT2D eigenvalue weighted by atomic mass is 16.4. The molecule has 0 aliphatic carbocycles. The number of rotatable bonds is 9. The van der Waals surface area contributed by atoms with E-state index in [0.29, 0.717) is 11.4 Å². The quantitative estimate of drug-likeness (QED) is 0.308. The van der Waals surface area contributed by atoms with Crippen molar-refractivity contribution in [2.45, 2.75) is 37.9 Å². The molecule has 0 aliphatic rings. The summed E-state index contributed by atoms with van der Waals surface area (Å²) < 4.78 is 0. The van der Waals surface area contributed by atoms with Crippen molar-refractivity contribution in [1.82, 2.24) is 30.6 Å². The summed E-state index contributed by atoms with van der Waals surface area (Å²) in [7, 11) is 0. The molecule has 3 atom stereocenters. The van der Waals surface area contributed by atoms with Crippen LogP contribution in [0.5, 0.6) is 0 Å². The zero-order chi connectivity index (χ0) is 19.1. The Morgan fingerprint density at radius 2 is 1.65 bits per heavy atom. The van der Waals surface area contributed by atoms with Gasteiger partial charge >= 0.3 is 5.97 Å². The third kappa shape index (κ3) is 5.41. The van der Waals surface area contributed by atoms with E-state index in [-0.39, 0.29) is 12.8 Å². The molecule has 2 amide bonds. The maximum absolute atomic E-state index is 12.4. The lowest BCUT2D eigenvalue weighted by Gasteiger charge is -2.21. The van der Waals surface area contributed by atoms with E-state index in [4.69, 9.17) is 10.8 Å². The summed E-state index contributed by atoms with van der Waals surface area (Å²) in [6.45, 7) is 1.33. The van der Waals surface area contributed by atoms with Crippen LogP contribution in [0.2, 0.25) is 0 Å². The molecule has 2 aromatic heterocycles. The number of hydrogen-bond donors (Lipinski definition) is 6. The monoisotopic (exact) mass is 363 g/mol. The molecule has 0 saturated heterocycles. The Morgan fingerprint density at radius 3 is 2.15 bits per heavy atom. The number of carbonyl (C=O) groups excluding carboxylic acids is 2. The molecule has 2 aromatic rings. The van der Waals surface area contributed by atoms with Crippen molar-refractivity contribution < 1.29 is 19.5 Å². The highest BCUT2D eigenvalue weighted by molar-refractivity contribution is 5.91. The van der Waals surface area contributed by atoms with Crippen LogP contribution >= 0.6 is 0 Å². The average Bonchev–Trinajstić information content (AvgIpc) is 3.27. The fourth-order valence-electron chi connectivity index (χ4n) is 2.21. The largest absolute Gasteiger partial charge is 0.480 e. The average molecular weight is 363 g/mol. The Hall–Kier alpha value is -3.21. The lowest BCUT2D eigenvalue weighted by molar-refractivity contribution is -0.141. The minimum absolute atomic E-state index is 0.112. The number of carbonyl (C=O) groups is 3. The number of nitrogens with zero attached hydrogens (tertiary/aromatic N) is 2. The van der Waals surface area contributed by atoms with E-state index >= 15 is 0 Å². The number of aliphatic carboxylic acids is 1. The van der Waals surface area contributed by atoms with Crippen LogP contribution in [0.1, 0.15) is 18.3 Å². The number of amides is 2. The van der Waals surface area contributed by atoms with Crippen LogP contribution in [0.25, 0.3) is 0 Å². The van der Waals surface area contributed by atoms with E-state index in [0.717, 1.165) is 0 Å². The van der Waals surface area contributed by atoms with Gasteiger partial charge < -0.3 is 31.4 Å². The summed E-state index contributed by atoms with van der Waals surface area (Å²) >= 11 is 0. The predicted octanol–water partition coefficient (Wildman–Crippen LogP) is -1.68. The summed E-state index contributed by atoms with van der Waals surface area (Å²) in [5.41, 5.74) is 7.16. The molecule has 26 heavy (non-hydrogen) atoms. The lowest BCUT2D eigenvalue weighted by atomic mass is 10.1. The molecule has 11 heteroatoms. The number of carboxylic acid groups (broad SMARTS) is 1. The fourth-order valence-corrected chi connectivity index (χ4v) is 2.21. The number of nitrogens with two attached hydrogens (primary N) is 1. The standard InChI is InChI=1S/C15H21N7O4/c1-8(15(25)26)21-14(24)12(3-10-5-18-7-20-10)22-13(23)11(16)2-9-4-17-6-19-9/h4-8,11-12H,2-3,16H2,1H3,(H,17,19)(H,18,20)(H,21,24)(H,22,23)(H,25,26)/t8-,11-,12-/m0/s1. The Kier molecular flexibility index (Phi) is 6.44. The molecule has 11 nitrogen and oxygen atoms in total. The minimum atomic E-state index is -1.18. The van der Waals surface area contributed by atoms with E-state index in [9.17, 15) is 14.4 Å². The number of aromatic amines is 2. The number of aromatic nitrogens is 4. The van der Waals surface area contributed by atoms with Gasteiger partial charge in [-0.25, -0.2) is 9.97 Å². The summed E-state index contributed by atoms with van der Waals surface area (Å²) in [6, 6.07) is -3.00. The Morgan fingerprint density at radius 1 is 1.08 bits per heavy atom. The van der Waals surface area contributed by atoms with Crippen molar-refractivity contribution in [3.8, 4) is 0 Å². The van der Waals surface area contributed by atoms with Gasteiger partial charge in [0.15, 0.2) is 0 Å². The van der Waals surface area contributed by atoms with Crippen molar-refractivity contribution in [2.24, 2.45) is 5.73 Å². The highest BCUT2D eigenvalue weighted by Gasteiger charge is 2.27. The molecule has 0 bridgehead atoms. The number of H-pyrrole nitrogens is 2. The first kappa shape index (κ1) is 19.1. The summed E-state index contributed by atoms with van der Waals surface area (Å²) in [5.74, 6) is -2.35. The van der Waals surface area contributed by atoms with Gasteiger partial charge in [-0.2, -0.15) is 0 Å². The molecule has 0 fully saturated rings. The second-order valence-electron chi connectivity index (χ2n) is 5.80. The molecule has 0 aliphatic heterocycles. The van der Waals surface area contributed by atoms with E-state index in [1.807, 2.05) is 0 Å². The first-order chi connectivity index (χ1) is 12.4. The zero-order valence-corrected chi connectivity index (χ0v) is 14.1. The second kappa shape index (κ2) is 8.76. The Bertz CT molecular complexity index is 729. The Balaban J connectivity index is 2.03. The normalized spacial score (nSPS) is 14.2. The van der Waals surface area contributed by atoms with Crippen LogP contribution in [0, 0.1) is 0 Å². The summed E-state index contributed by atoms with van der Waals surface area (Å²) in [6.07, 6.45) is 6.31. The smallest absolute Gasteiger partial charge is 0.325 e. The van der Waals surface area contributed by atoms with Gasteiger partial charge in [0.25, 0.3) is 0 Å². The first-order valence-corrected chi connectivity index (χ1v) is 7.90. The summed E-state index contributed by atoms with van der Waals surface area (Å²) in [4.78, 5) is 49.0. The van der Waals surface area contributed by atoms with Crippen LogP contribution in [-0.4, -0.2) is 61.0 Å². The molecule has 2 rings (SSSR count). The van der Waals surface area contributed by atoms with Gasteiger partial charge in [-0.3, -0.25) is 14.4 Å². The van der Waals surface area contributed by atoms with Gasteiger partial charge in [0.1, 0.15) is 12.1 Å². The van der Waals surface area contributed by atoms with Gasteiger partial charge in [-0.15, -0.1) is 0 Å². The van der Waals surface area contributed by atoms with E-state index < -0.39 is 35.9 Å². The van der Waals surface area contributed by atoms with E-state index in [2.05, 4.69) is 30.6 Å². The molecule has 0 saturated carbocycles. The molecular formula is C15H21N7O4. The number of carboxylic acids is 1. The van der Waals surface area contributed by atoms with Gasteiger partial charge in [-0.1, -0.05) is 0 Å². The maximum atomic E-state index is 12.4. The topological polar surface area (TPSA) is 179 Å². The molecule has 0 spiro atoms. The van der Waals surface area contributed by atoms with Gasteiger partial charge in [0, 0.05) is 36.6 Å². The second-order valence-corrected chi connectivity index (χ2v) is 5.80. The molecule has 0 aromatic carbocycles. The van der Waals surface area contributed by atoms with E-state index in [1.54, 1.807) is 6.20 Å². The third-order valence-corrected chi connectivity index (χ3v) is 3.67. The molecule has 7 N–H and O–H groups in total. The first-order valence-electron chi connectivity index (χ1n) is 7.90. The van der Waals surface area contributed by atoms with E-state index in [1.165, 1.54) is 25.8 Å². The van der Waals surface area contributed by atoms with Crippen LogP contribution in [-0.2, 0) is 27.2 Å². The molecular weight excluding hydrogens is 342 g/mol. The SMILES string of the molecule is C[C@H](NC(=O)[C@H](Cc1cnc[nH]1)NC(=O)[C@@H](N)Cc1cnc[nH]1)C(=O)O. The highest BCUT2D eigenvalue weighted by Crippen LogP contribution is 2.02. The lowest BCUT2D eigenvalue weighted by Crippen LogP contribution is -2.55. The molecule has 0 radical (unpaired) electrons. The van der Waals surface area contributed by atoms with Crippen molar-refractivity contribution >= 4 is 17.8 Å².